The van der Waals surface area contributed by atoms with Gasteiger partial charge in [-0.1, -0.05) is 61.5 Å². The molecule has 184 valence electrons. The molecule has 0 bridgehead atoms. The number of hydrogen-bond acceptors (Lipinski definition) is 5. The maximum absolute atomic E-state index is 14.9. The summed E-state index contributed by atoms with van der Waals surface area (Å²) in [6, 6.07) is 25.1. The van der Waals surface area contributed by atoms with Gasteiger partial charge in [0.2, 0.25) is 0 Å². The molecule has 1 N–H and O–H groups in total. The van der Waals surface area contributed by atoms with Gasteiger partial charge in [-0.05, 0) is 41.8 Å². The molecule has 1 saturated heterocycles. The molecule has 7 heteroatoms. The van der Waals surface area contributed by atoms with E-state index in [2.05, 4.69) is 10.2 Å². The number of benzene rings is 3. The highest BCUT2D eigenvalue weighted by atomic mass is 19.1. The summed E-state index contributed by atoms with van der Waals surface area (Å²) in [5, 5.41) is 2.76. The van der Waals surface area contributed by atoms with Crippen LogP contribution in [0.5, 0.6) is 11.5 Å². The minimum absolute atomic E-state index is 0.295. The van der Waals surface area contributed by atoms with Crippen molar-refractivity contribution in [1.29, 1.82) is 0 Å². The average Bonchev–Trinajstić information content (AvgIpc) is 2.92. The Hall–Kier alpha value is -3.58. The molecular formula is C28H32FN3O3. The van der Waals surface area contributed by atoms with Crippen LogP contribution in [0.1, 0.15) is 13.3 Å². The molecule has 0 radical (unpaired) electrons. The summed E-state index contributed by atoms with van der Waals surface area (Å²) in [5.74, 6) is 1.23. The number of nitrogens with one attached hydrogen (secondary N) is 1. The SMILES string of the molecule is CCC(F)C(NC(=O)Oc1ccc(-c2ccccc2)cc1)N1CCN(c2ccccc2OC)CC1. The van der Waals surface area contributed by atoms with Crippen LogP contribution >= 0.6 is 0 Å². The smallest absolute Gasteiger partial charge is 0.413 e. The first-order chi connectivity index (χ1) is 17.1. The third kappa shape index (κ3) is 6.11. The highest BCUT2D eigenvalue weighted by Crippen LogP contribution is 2.29. The highest BCUT2D eigenvalue weighted by molar-refractivity contribution is 5.71. The lowest BCUT2D eigenvalue weighted by Gasteiger charge is -2.41. The van der Waals surface area contributed by atoms with Crippen molar-refractivity contribution in [3.63, 3.8) is 0 Å². The van der Waals surface area contributed by atoms with Crippen LogP contribution in [0.2, 0.25) is 0 Å². The lowest BCUT2D eigenvalue weighted by Crippen LogP contribution is -2.59. The monoisotopic (exact) mass is 477 g/mol. The number of nitrogens with zero attached hydrogens (tertiary/aromatic N) is 2. The van der Waals surface area contributed by atoms with E-state index in [0.717, 1.165) is 22.6 Å². The molecule has 3 aromatic carbocycles. The first-order valence-electron chi connectivity index (χ1n) is 12.0. The second-order valence-corrected chi connectivity index (χ2v) is 8.49. The van der Waals surface area contributed by atoms with Crippen LogP contribution in [0.4, 0.5) is 14.9 Å². The van der Waals surface area contributed by atoms with Crippen molar-refractivity contribution in [2.75, 3.05) is 38.2 Å². The largest absolute Gasteiger partial charge is 0.495 e. The lowest BCUT2D eigenvalue weighted by atomic mass is 10.1. The average molecular weight is 478 g/mol. The number of anilines is 1. The third-order valence-electron chi connectivity index (χ3n) is 6.30. The van der Waals surface area contributed by atoms with E-state index in [1.807, 2.05) is 71.6 Å². The molecule has 0 aromatic heterocycles. The Morgan fingerprint density at radius 2 is 1.54 bits per heavy atom. The van der Waals surface area contributed by atoms with E-state index in [4.69, 9.17) is 9.47 Å². The minimum Gasteiger partial charge on any atom is -0.495 e. The van der Waals surface area contributed by atoms with Gasteiger partial charge in [-0.2, -0.15) is 0 Å². The molecule has 4 rings (SSSR count). The van der Waals surface area contributed by atoms with Gasteiger partial charge in [0.05, 0.1) is 12.8 Å². The topological polar surface area (TPSA) is 54.0 Å². The predicted molar refractivity (Wildman–Crippen MR) is 137 cm³/mol. The van der Waals surface area contributed by atoms with E-state index >= 15 is 0 Å². The van der Waals surface area contributed by atoms with Crippen LogP contribution in [0, 0.1) is 0 Å². The number of hydrogen-bond donors (Lipinski definition) is 1. The van der Waals surface area contributed by atoms with Gasteiger partial charge >= 0.3 is 6.09 Å². The Kier molecular flexibility index (Phi) is 8.21. The number of carbonyl (C=O) groups excluding carboxylic acids is 1. The number of ether oxygens (including phenoxy) is 2. The Bertz CT molecular complexity index is 1090. The highest BCUT2D eigenvalue weighted by Gasteiger charge is 2.31. The standard InChI is InChI=1S/C28H32FN3O3/c1-3-24(29)27(32-19-17-31(18-20-32)25-11-7-8-12-26(25)34-2)30-28(33)35-23-15-13-22(14-16-23)21-9-5-4-6-10-21/h4-16,24,27H,3,17-20H2,1-2H3,(H,30,33). The van der Waals surface area contributed by atoms with Crippen molar-refractivity contribution in [3.8, 4) is 22.6 Å². The summed E-state index contributed by atoms with van der Waals surface area (Å²) in [5.41, 5.74) is 3.13. The summed E-state index contributed by atoms with van der Waals surface area (Å²) in [6.07, 6.45) is -2.33. The van der Waals surface area contributed by atoms with Crippen LogP contribution in [-0.4, -0.2) is 56.6 Å². The Morgan fingerprint density at radius 1 is 0.914 bits per heavy atom. The van der Waals surface area contributed by atoms with Gasteiger partial charge in [0, 0.05) is 26.2 Å². The molecule has 1 amide bonds. The number of piperazine rings is 1. The molecule has 2 atom stereocenters. The Labute approximate surface area is 206 Å². The molecule has 1 aliphatic heterocycles. The predicted octanol–water partition coefficient (Wildman–Crippen LogP) is 5.35. The molecule has 1 fully saturated rings. The molecule has 35 heavy (non-hydrogen) atoms. The number of para-hydroxylation sites is 2. The van der Waals surface area contributed by atoms with Gasteiger partial charge in [0.1, 0.15) is 23.8 Å². The fourth-order valence-electron chi connectivity index (χ4n) is 4.37. The van der Waals surface area contributed by atoms with Gasteiger partial charge in [-0.25, -0.2) is 9.18 Å². The normalized spacial score (nSPS) is 15.8. The summed E-state index contributed by atoms with van der Waals surface area (Å²) in [4.78, 5) is 16.8. The molecule has 1 heterocycles. The summed E-state index contributed by atoms with van der Waals surface area (Å²) in [6.45, 7) is 4.39. The summed E-state index contributed by atoms with van der Waals surface area (Å²) < 4.78 is 25.9. The van der Waals surface area contributed by atoms with E-state index < -0.39 is 18.4 Å². The van der Waals surface area contributed by atoms with E-state index in [1.165, 1.54) is 0 Å². The number of amides is 1. The first kappa shape index (κ1) is 24.5. The van der Waals surface area contributed by atoms with Crippen molar-refractivity contribution >= 4 is 11.8 Å². The van der Waals surface area contributed by atoms with E-state index in [0.29, 0.717) is 38.3 Å². The second-order valence-electron chi connectivity index (χ2n) is 8.49. The van der Waals surface area contributed by atoms with Crippen molar-refractivity contribution in [2.24, 2.45) is 0 Å². The minimum atomic E-state index is -1.21. The van der Waals surface area contributed by atoms with E-state index in [-0.39, 0.29) is 0 Å². The van der Waals surface area contributed by atoms with Crippen LogP contribution in [0.25, 0.3) is 11.1 Å². The van der Waals surface area contributed by atoms with Gasteiger partial charge < -0.3 is 19.7 Å². The number of alkyl halides is 1. The van der Waals surface area contributed by atoms with Crippen molar-refractivity contribution in [2.45, 2.75) is 25.7 Å². The van der Waals surface area contributed by atoms with Crippen LogP contribution in [-0.2, 0) is 0 Å². The molecular weight excluding hydrogens is 445 g/mol. The van der Waals surface area contributed by atoms with Gasteiger partial charge in [0.25, 0.3) is 0 Å². The first-order valence-corrected chi connectivity index (χ1v) is 12.0. The van der Waals surface area contributed by atoms with Crippen molar-refractivity contribution in [1.82, 2.24) is 10.2 Å². The van der Waals surface area contributed by atoms with Crippen LogP contribution < -0.4 is 19.7 Å². The number of rotatable bonds is 8. The molecule has 6 nitrogen and oxygen atoms in total. The van der Waals surface area contributed by atoms with E-state index in [1.54, 1.807) is 26.2 Å². The Morgan fingerprint density at radius 3 is 2.20 bits per heavy atom. The van der Waals surface area contributed by atoms with Gasteiger partial charge in [-0.3, -0.25) is 4.90 Å². The van der Waals surface area contributed by atoms with Crippen molar-refractivity contribution < 1.29 is 18.7 Å². The molecule has 3 aromatic rings. The van der Waals surface area contributed by atoms with Crippen LogP contribution in [0.15, 0.2) is 78.9 Å². The van der Waals surface area contributed by atoms with E-state index in [9.17, 15) is 9.18 Å². The Balaban J connectivity index is 1.36. The number of carbonyl (C=O) groups is 1. The fraction of sp³-hybridized carbons (Fsp3) is 0.321. The second kappa shape index (κ2) is 11.7. The molecule has 1 aliphatic rings. The molecule has 0 aliphatic carbocycles. The maximum atomic E-state index is 14.9. The number of halogens is 1. The third-order valence-corrected chi connectivity index (χ3v) is 6.30. The molecule has 0 spiro atoms. The zero-order valence-electron chi connectivity index (χ0n) is 20.2. The lowest BCUT2D eigenvalue weighted by molar-refractivity contribution is 0.0754. The fourth-order valence-corrected chi connectivity index (χ4v) is 4.37. The van der Waals surface area contributed by atoms with Crippen LogP contribution in [0.3, 0.4) is 0 Å². The quantitative estimate of drug-likeness (QED) is 0.474. The zero-order chi connectivity index (χ0) is 24.6. The molecule has 0 saturated carbocycles. The summed E-state index contributed by atoms with van der Waals surface area (Å²) >= 11 is 0. The maximum Gasteiger partial charge on any atom is 0.413 e. The summed E-state index contributed by atoms with van der Waals surface area (Å²) in [7, 11) is 1.66. The molecule has 2 unspecified atom stereocenters. The van der Waals surface area contributed by atoms with Crippen molar-refractivity contribution in [3.05, 3.63) is 78.9 Å². The van der Waals surface area contributed by atoms with Gasteiger partial charge in [0.15, 0.2) is 0 Å². The number of methoxy groups -OCH3 is 1. The zero-order valence-corrected chi connectivity index (χ0v) is 20.2. The van der Waals surface area contributed by atoms with Gasteiger partial charge in [-0.15, -0.1) is 0 Å².